The summed E-state index contributed by atoms with van der Waals surface area (Å²) in [6, 6.07) is 8.84. The number of hydrogen-bond donors (Lipinski definition) is 1. The van der Waals surface area contributed by atoms with E-state index in [0.717, 1.165) is 23.5 Å². The van der Waals surface area contributed by atoms with E-state index in [9.17, 15) is 0 Å². The largest absolute Gasteiger partial charge is 0.327 e. The Balaban J connectivity index is 1.75. The third kappa shape index (κ3) is 4.78. The average molecular weight is 297 g/mol. The van der Waals surface area contributed by atoms with Crippen LogP contribution in [0.2, 0.25) is 0 Å². The van der Waals surface area contributed by atoms with Crippen LogP contribution in [0.1, 0.15) is 24.8 Å². The van der Waals surface area contributed by atoms with Crippen LogP contribution in [0.5, 0.6) is 0 Å². The fraction of sp³-hybridized carbons (Fsp3) is 0.571. The smallest absolute Gasteiger partial charge is 0.0231 e. The molecule has 17 heavy (non-hydrogen) atoms. The molecule has 1 aliphatic rings. The van der Waals surface area contributed by atoms with Crippen LogP contribution >= 0.6 is 15.9 Å². The summed E-state index contributed by atoms with van der Waals surface area (Å²) in [7, 11) is 2.15. The molecule has 1 atom stereocenters. The highest BCUT2D eigenvalue weighted by Gasteiger charge is 2.24. The molecule has 3 heteroatoms. The fourth-order valence-corrected chi connectivity index (χ4v) is 2.49. The van der Waals surface area contributed by atoms with Gasteiger partial charge in [0, 0.05) is 23.6 Å². The molecular weight excluding hydrogens is 276 g/mol. The summed E-state index contributed by atoms with van der Waals surface area (Å²) < 4.78 is 1.13. The molecule has 94 valence electrons. The Morgan fingerprint density at radius 3 is 2.59 bits per heavy atom. The molecule has 0 heterocycles. The topological polar surface area (TPSA) is 29.3 Å². The highest BCUT2D eigenvalue weighted by atomic mass is 79.9. The quantitative estimate of drug-likeness (QED) is 0.874. The first-order valence-corrected chi connectivity index (χ1v) is 7.11. The van der Waals surface area contributed by atoms with Crippen LogP contribution in [-0.4, -0.2) is 24.5 Å². The number of benzene rings is 1. The van der Waals surface area contributed by atoms with Crippen molar-refractivity contribution in [3.63, 3.8) is 0 Å². The minimum Gasteiger partial charge on any atom is -0.327 e. The lowest BCUT2D eigenvalue weighted by Gasteiger charge is -2.21. The van der Waals surface area contributed by atoms with Crippen molar-refractivity contribution < 1.29 is 0 Å². The predicted molar refractivity (Wildman–Crippen MR) is 75.8 cm³/mol. The molecule has 2 rings (SSSR count). The molecule has 0 saturated heterocycles. The zero-order valence-corrected chi connectivity index (χ0v) is 12.0. The van der Waals surface area contributed by atoms with Gasteiger partial charge in [-0.15, -0.1) is 0 Å². The van der Waals surface area contributed by atoms with E-state index >= 15 is 0 Å². The molecule has 0 aliphatic heterocycles. The highest BCUT2D eigenvalue weighted by Crippen LogP contribution is 2.33. The van der Waals surface area contributed by atoms with Crippen LogP contribution in [0.15, 0.2) is 28.7 Å². The Hall–Kier alpha value is -0.380. The number of nitrogens with zero attached hydrogens (tertiary/aromatic N) is 1. The molecule has 1 aromatic carbocycles. The number of rotatable bonds is 6. The van der Waals surface area contributed by atoms with Crippen LogP contribution in [0.3, 0.4) is 0 Å². The van der Waals surface area contributed by atoms with Crippen molar-refractivity contribution in [2.24, 2.45) is 11.7 Å². The Morgan fingerprint density at radius 2 is 2.00 bits per heavy atom. The van der Waals surface area contributed by atoms with E-state index in [0.29, 0.717) is 6.04 Å². The number of likely N-dealkylation sites (N-methyl/N-ethyl adjacent to an activating group) is 1. The molecule has 1 saturated carbocycles. The first-order chi connectivity index (χ1) is 8.13. The summed E-state index contributed by atoms with van der Waals surface area (Å²) in [5.41, 5.74) is 7.49. The SMILES string of the molecule is CN(Cc1ccc(Br)cc1)C[C@@H](N)CC1CC1. The first-order valence-electron chi connectivity index (χ1n) is 6.32. The maximum absolute atomic E-state index is 6.14. The van der Waals surface area contributed by atoms with Crippen LogP contribution in [0.25, 0.3) is 0 Å². The van der Waals surface area contributed by atoms with Gasteiger partial charge >= 0.3 is 0 Å². The van der Waals surface area contributed by atoms with Crippen molar-refractivity contribution in [2.45, 2.75) is 31.8 Å². The van der Waals surface area contributed by atoms with Crippen molar-refractivity contribution >= 4 is 15.9 Å². The molecule has 1 fully saturated rings. The maximum Gasteiger partial charge on any atom is 0.0231 e. The van der Waals surface area contributed by atoms with E-state index < -0.39 is 0 Å². The van der Waals surface area contributed by atoms with Gasteiger partial charge in [-0.3, -0.25) is 0 Å². The normalized spacial score (nSPS) is 17.4. The molecule has 0 aromatic heterocycles. The minimum absolute atomic E-state index is 0.336. The van der Waals surface area contributed by atoms with Crippen molar-refractivity contribution in [1.82, 2.24) is 4.90 Å². The lowest BCUT2D eigenvalue weighted by molar-refractivity contribution is 0.293. The second kappa shape index (κ2) is 5.98. The number of nitrogens with two attached hydrogens (primary N) is 1. The van der Waals surface area contributed by atoms with Gasteiger partial charge in [0.25, 0.3) is 0 Å². The van der Waals surface area contributed by atoms with Gasteiger partial charge in [-0.05, 0) is 37.1 Å². The molecule has 2 N–H and O–H groups in total. The first kappa shape index (κ1) is 13.1. The van der Waals surface area contributed by atoms with Crippen LogP contribution in [0.4, 0.5) is 0 Å². The van der Waals surface area contributed by atoms with E-state index in [2.05, 4.69) is 52.1 Å². The summed E-state index contributed by atoms with van der Waals surface area (Å²) in [6.45, 7) is 1.97. The monoisotopic (exact) mass is 296 g/mol. The Labute approximate surface area is 112 Å². The number of hydrogen-bond acceptors (Lipinski definition) is 2. The highest BCUT2D eigenvalue weighted by molar-refractivity contribution is 9.10. The Bertz CT molecular complexity index is 346. The number of halogens is 1. The van der Waals surface area contributed by atoms with E-state index in [-0.39, 0.29) is 0 Å². The lowest BCUT2D eigenvalue weighted by Crippen LogP contribution is -2.35. The molecule has 0 unspecified atom stereocenters. The zero-order valence-electron chi connectivity index (χ0n) is 10.4. The van der Waals surface area contributed by atoms with Gasteiger partial charge in [-0.25, -0.2) is 0 Å². The predicted octanol–water partition coefficient (Wildman–Crippen LogP) is 3.01. The maximum atomic E-state index is 6.14. The van der Waals surface area contributed by atoms with Gasteiger partial charge in [0.05, 0.1) is 0 Å². The van der Waals surface area contributed by atoms with Gasteiger partial charge in [-0.1, -0.05) is 40.9 Å². The average Bonchev–Trinajstić information content (AvgIpc) is 3.05. The Morgan fingerprint density at radius 1 is 1.35 bits per heavy atom. The van der Waals surface area contributed by atoms with Crippen molar-refractivity contribution in [3.05, 3.63) is 34.3 Å². The summed E-state index contributed by atoms with van der Waals surface area (Å²) >= 11 is 3.45. The molecule has 2 nitrogen and oxygen atoms in total. The van der Waals surface area contributed by atoms with E-state index in [1.165, 1.54) is 24.8 Å². The second-order valence-corrected chi connectivity index (χ2v) is 6.18. The second-order valence-electron chi connectivity index (χ2n) is 5.26. The minimum atomic E-state index is 0.336. The van der Waals surface area contributed by atoms with Crippen LogP contribution in [-0.2, 0) is 6.54 Å². The fourth-order valence-electron chi connectivity index (χ4n) is 2.22. The molecule has 1 aromatic rings. The van der Waals surface area contributed by atoms with Crippen LogP contribution in [0, 0.1) is 5.92 Å². The molecule has 0 amide bonds. The molecule has 0 bridgehead atoms. The summed E-state index contributed by atoms with van der Waals surface area (Å²) in [5, 5.41) is 0. The van der Waals surface area contributed by atoms with Gasteiger partial charge in [0.2, 0.25) is 0 Å². The lowest BCUT2D eigenvalue weighted by atomic mass is 10.1. The van der Waals surface area contributed by atoms with Crippen molar-refractivity contribution in [3.8, 4) is 0 Å². The molecular formula is C14H21BrN2. The molecule has 1 aliphatic carbocycles. The summed E-state index contributed by atoms with van der Waals surface area (Å²) in [4.78, 5) is 2.32. The summed E-state index contributed by atoms with van der Waals surface area (Å²) in [5.74, 6) is 0.922. The third-order valence-corrected chi connectivity index (χ3v) is 3.77. The third-order valence-electron chi connectivity index (χ3n) is 3.24. The molecule has 0 radical (unpaired) electrons. The van der Waals surface area contributed by atoms with E-state index in [1.54, 1.807) is 0 Å². The van der Waals surface area contributed by atoms with Gasteiger partial charge in [-0.2, -0.15) is 0 Å². The van der Waals surface area contributed by atoms with E-state index in [1.807, 2.05) is 0 Å². The molecule has 0 spiro atoms. The van der Waals surface area contributed by atoms with Crippen molar-refractivity contribution in [2.75, 3.05) is 13.6 Å². The van der Waals surface area contributed by atoms with Gasteiger partial charge < -0.3 is 10.6 Å². The summed E-state index contributed by atoms with van der Waals surface area (Å²) in [6.07, 6.45) is 3.99. The van der Waals surface area contributed by atoms with E-state index in [4.69, 9.17) is 5.73 Å². The standard InChI is InChI=1S/C14H21BrN2/c1-17(10-14(16)8-11-2-3-11)9-12-4-6-13(15)7-5-12/h4-7,11,14H,2-3,8-10,16H2,1H3/t14-/m0/s1. The van der Waals surface area contributed by atoms with Crippen LogP contribution < -0.4 is 5.73 Å². The Kier molecular flexibility index (Phi) is 4.60. The van der Waals surface area contributed by atoms with Gasteiger partial charge in [0.15, 0.2) is 0 Å². The van der Waals surface area contributed by atoms with Gasteiger partial charge in [0.1, 0.15) is 0 Å². The van der Waals surface area contributed by atoms with Crippen molar-refractivity contribution in [1.29, 1.82) is 0 Å². The zero-order chi connectivity index (χ0) is 12.3.